The topological polar surface area (TPSA) is 327 Å². The van der Waals surface area contributed by atoms with Gasteiger partial charge in [-0.05, 0) is 32.1 Å². The highest BCUT2D eigenvalue weighted by Crippen LogP contribution is 2.05. The van der Waals surface area contributed by atoms with Crippen molar-refractivity contribution in [3.8, 4) is 0 Å². The molecule has 0 aliphatic rings. The number of carbonyl (C=O) groups excluding carboxylic acids is 5. The van der Waals surface area contributed by atoms with Crippen LogP contribution in [0.1, 0.15) is 39.0 Å². The molecular weight excluding hydrogens is 514 g/mol. The molecule has 16 N–H and O–H groups in total. The molecule has 0 rings (SSSR count). The van der Waals surface area contributed by atoms with Crippen molar-refractivity contribution in [1.29, 1.82) is 0 Å². The first kappa shape index (κ1) is 34.4. The normalized spacial score (nSPS) is 12.4. The van der Waals surface area contributed by atoms with Crippen molar-refractivity contribution < 1.29 is 24.0 Å². The number of carbonyl (C=O) groups is 5. The molecule has 0 aromatic carbocycles. The number of aldehydes is 1. The molecule has 4 amide bonds. The summed E-state index contributed by atoms with van der Waals surface area (Å²) in [7, 11) is 0. The van der Waals surface area contributed by atoms with E-state index in [-0.39, 0.29) is 63.3 Å². The van der Waals surface area contributed by atoms with E-state index < -0.39 is 41.8 Å². The standard InChI is InChI=1S/C21H41N13O5/c1-12(36)32-13(4-2-7-29-19(22)23)17(38)33-14(5-3-8-30-20(24)25)18(39)34-15(6-9-31-21(26)27)16(37)28-10-11-35/h11,13-15H,2-10H2,1H3,(H,28,37)(H,32,36)(H,33,38)(H,34,39)(H4,22,23,29)(H4,24,25,30)(H4,26,27,31)/t13-,14-,15-/m1/s1. The second kappa shape index (κ2) is 19.5. The Labute approximate surface area is 226 Å². The van der Waals surface area contributed by atoms with Crippen LogP contribution in [0.3, 0.4) is 0 Å². The largest absolute Gasteiger partial charge is 0.370 e. The van der Waals surface area contributed by atoms with Crippen LogP contribution in [0.15, 0.2) is 15.0 Å². The van der Waals surface area contributed by atoms with Crippen LogP contribution in [0, 0.1) is 0 Å². The molecule has 0 aromatic heterocycles. The summed E-state index contributed by atoms with van der Waals surface area (Å²) in [5, 5.41) is 10.0. The van der Waals surface area contributed by atoms with E-state index >= 15 is 0 Å². The lowest BCUT2D eigenvalue weighted by Crippen LogP contribution is -2.56. The van der Waals surface area contributed by atoms with Gasteiger partial charge in [-0.2, -0.15) is 0 Å². The summed E-state index contributed by atoms with van der Waals surface area (Å²) in [6.45, 7) is 1.37. The zero-order valence-electron chi connectivity index (χ0n) is 22.0. The summed E-state index contributed by atoms with van der Waals surface area (Å²) in [6, 6.07) is -3.24. The van der Waals surface area contributed by atoms with Crippen LogP contribution in [0.5, 0.6) is 0 Å². The van der Waals surface area contributed by atoms with E-state index in [1.807, 2.05) is 0 Å². The minimum absolute atomic E-state index is 0.00229. The molecule has 0 aliphatic heterocycles. The van der Waals surface area contributed by atoms with Gasteiger partial charge in [0, 0.05) is 26.6 Å². The van der Waals surface area contributed by atoms with Crippen LogP contribution in [0.2, 0.25) is 0 Å². The Bertz CT molecular complexity index is 910. The van der Waals surface area contributed by atoms with Crippen LogP contribution in [0.4, 0.5) is 0 Å². The first-order valence-electron chi connectivity index (χ1n) is 12.1. The van der Waals surface area contributed by atoms with Gasteiger partial charge in [0.25, 0.3) is 0 Å². The number of amides is 4. The van der Waals surface area contributed by atoms with Gasteiger partial charge in [0.2, 0.25) is 23.6 Å². The summed E-state index contributed by atoms with van der Waals surface area (Å²) < 4.78 is 0. The van der Waals surface area contributed by atoms with E-state index in [2.05, 4.69) is 36.2 Å². The smallest absolute Gasteiger partial charge is 0.243 e. The number of guanidine groups is 3. The lowest BCUT2D eigenvalue weighted by molar-refractivity contribution is -0.133. The summed E-state index contributed by atoms with van der Waals surface area (Å²) in [4.78, 5) is 72.6. The zero-order valence-corrected chi connectivity index (χ0v) is 22.0. The molecule has 0 spiro atoms. The first-order chi connectivity index (χ1) is 18.4. The van der Waals surface area contributed by atoms with Gasteiger partial charge in [-0.25, -0.2) is 0 Å². The molecule has 3 atom stereocenters. The molecule has 0 aromatic rings. The van der Waals surface area contributed by atoms with Gasteiger partial charge >= 0.3 is 0 Å². The number of nitrogens with zero attached hydrogens (tertiary/aromatic N) is 3. The Balaban J connectivity index is 5.71. The molecule has 0 aliphatic carbocycles. The average Bonchev–Trinajstić information content (AvgIpc) is 2.84. The van der Waals surface area contributed by atoms with Gasteiger partial charge in [0.1, 0.15) is 24.4 Å². The molecule has 0 heterocycles. The van der Waals surface area contributed by atoms with Crippen LogP contribution in [0.25, 0.3) is 0 Å². The predicted molar refractivity (Wildman–Crippen MR) is 146 cm³/mol. The molecule has 0 radical (unpaired) electrons. The minimum Gasteiger partial charge on any atom is -0.370 e. The third-order valence-electron chi connectivity index (χ3n) is 4.92. The molecule has 0 unspecified atom stereocenters. The Kier molecular flexibility index (Phi) is 17.2. The Morgan fingerprint density at radius 2 is 1.05 bits per heavy atom. The molecule has 220 valence electrons. The quantitative estimate of drug-likeness (QED) is 0.0310. The van der Waals surface area contributed by atoms with E-state index in [0.29, 0.717) is 19.1 Å². The number of rotatable bonds is 19. The molecular formula is C21H41N13O5. The molecule has 39 heavy (non-hydrogen) atoms. The van der Waals surface area contributed by atoms with E-state index in [4.69, 9.17) is 34.4 Å². The highest BCUT2D eigenvalue weighted by Gasteiger charge is 2.29. The molecule has 18 heteroatoms. The van der Waals surface area contributed by atoms with Crippen LogP contribution >= 0.6 is 0 Å². The summed E-state index contributed by atoms with van der Waals surface area (Å²) in [5.74, 6) is -2.91. The number of hydrogen-bond acceptors (Lipinski definition) is 8. The molecule has 0 saturated heterocycles. The fourth-order valence-electron chi connectivity index (χ4n) is 3.19. The van der Waals surface area contributed by atoms with E-state index in [1.165, 1.54) is 6.92 Å². The fourth-order valence-corrected chi connectivity index (χ4v) is 3.19. The van der Waals surface area contributed by atoms with Gasteiger partial charge in [0.15, 0.2) is 17.9 Å². The zero-order chi connectivity index (χ0) is 29.8. The highest BCUT2D eigenvalue weighted by atomic mass is 16.2. The molecule has 18 nitrogen and oxygen atoms in total. The maximum atomic E-state index is 13.2. The van der Waals surface area contributed by atoms with Gasteiger partial charge in [0.05, 0.1) is 6.54 Å². The second-order valence-electron chi connectivity index (χ2n) is 8.28. The van der Waals surface area contributed by atoms with Crippen LogP contribution < -0.4 is 55.7 Å². The Morgan fingerprint density at radius 3 is 1.46 bits per heavy atom. The lowest BCUT2D eigenvalue weighted by atomic mass is 10.1. The monoisotopic (exact) mass is 555 g/mol. The van der Waals surface area contributed by atoms with Gasteiger partial charge in [-0.1, -0.05) is 0 Å². The van der Waals surface area contributed by atoms with Crippen molar-refractivity contribution in [1.82, 2.24) is 21.3 Å². The van der Waals surface area contributed by atoms with Crippen molar-refractivity contribution in [2.45, 2.75) is 57.2 Å². The van der Waals surface area contributed by atoms with Crippen molar-refractivity contribution in [2.24, 2.45) is 49.4 Å². The van der Waals surface area contributed by atoms with Crippen molar-refractivity contribution in [2.75, 3.05) is 26.2 Å². The first-order valence-corrected chi connectivity index (χ1v) is 12.1. The Hall–Kier alpha value is -4.64. The third-order valence-corrected chi connectivity index (χ3v) is 4.92. The van der Waals surface area contributed by atoms with Gasteiger partial charge < -0.3 is 60.5 Å². The number of aliphatic imine (C=N–C) groups is 3. The second-order valence-corrected chi connectivity index (χ2v) is 8.28. The summed E-state index contributed by atoms with van der Waals surface area (Å²) >= 11 is 0. The van der Waals surface area contributed by atoms with E-state index in [1.54, 1.807) is 0 Å². The average molecular weight is 556 g/mol. The maximum absolute atomic E-state index is 13.2. The minimum atomic E-state index is -1.13. The number of nitrogens with two attached hydrogens (primary N) is 6. The molecule has 0 saturated carbocycles. The fraction of sp³-hybridized carbons (Fsp3) is 0.619. The highest BCUT2D eigenvalue weighted by molar-refractivity contribution is 5.94. The number of hydrogen-bond donors (Lipinski definition) is 10. The third kappa shape index (κ3) is 17.5. The van der Waals surface area contributed by atoms with Crippen molar-refractivity contribution in [3.05, 3.63) is 0 Å². The SMILES string of the molecule is CC(=O)N[C@H](CCCN=C(N)N)C(=O)N[C@H](CCCN=C(N)N)C(=O)N[C@H](CCN=C(N)N)C(=O)NCC=O. The van der Waals surface area contributed by atoms with Crippen molar-refractivity contribution in [3.63, 3.8) is 0 Å². The van der Waals surface area contributed by atoms with E-state index in [0.717, 1.165) is 0 Å². The molecule has 0 bridgehead atoms. The summed E-state index contributed by atoms with van der Waals surface area (Å²) in [6.07, 6.45) is 1.41. The van der Waals surface area contributed by atoms with Gasteiger partial charge in [-0.15, -0.1) is 0 Å². The maximum Gasteiger partial charge on any atom is 0.243 e. The lowest BCUT2D eigenvalue weighted by Gasteiger charge is -2.25. The van der Waals surface area contributed by atoms with Crippen molar-refractivity contribution >= 4 is 47.8 Å². The van der Waals surface area contributed by atoms with Crippen LogP contribution in [-0.2, 0) is 24.0 Å². The van der Waals surface area contributed by atoms with E-state index in [9.17, 15) is 24.0 Å². The summed E-state index contributed by atoms with van der Waals surface area (Å²) in [5.41, 5.74) is 31.9. The number of nitrogens with one attached hydrogen (secondary N) is 4. The van der Waals surface area contributed by atoms with Crippen LogP contribution in [-0.4, -0.2) is 92.1 Å². The predicted octanol–water partition coefficient (Wildman–Crippen LogP) is -5.45. The van der Waals surface area contributed by atoms with Gasteiger partial charge in [-0.3, -0.25) is 34.2 Å². The Morgan fingerprint density at radius 1 is 0.641 bits per heavy atom. The molecule has 0 fully saturated rings.